The van der Waals surface area contributed by atoms with E-state index in [4.69, 9.17) is 19.8 Å². The third-order valence-electron chi connectivity index (χ3n) is 4.41. The van der Waals surface area contributed by atoms with Gasteiger partial charge in [0.2, 0.25) is 0 Å². The van der Waals surface area contributed by atoms with Crippen LogP contribution < -0.4 is 0 Å². The monoisotopic (exact) mass is 407 g/mol. The van der Waals surface area contributed by atoms with E-state index in [-0.39, 0.29) is 36.3 Å². The van der Waals surface area contributed by atoms with Gasteiger partial charge in [-0.15, -0.1) is 0 Å². The molecule has 4 unspecified atom stereocenters. The first-order valence-electron chi connectivity index (χ1n) is 7.49. The van der Waals surface area contributed by atoms with Gasteiger partial charge in [0, 0.05) is 23.2 Å². The molecular formula is C15H22INO4. The van der Waals surface area contributed by atoms with Crippen LogP contribution in [0.1, 0.15) is 45.4 Å². The summed E-state index contributed by atoms with van der Waals surface area (Å²) in [6.45, 7) is 1.92. The Labute approximate surface area is 139 Å². The number of nitrogens with zero attached hydrogens (tertiary/aromatic N) is 1. The van der Waals surface area contributed by atoms with Gasteiger partial charge >= 0.3 is 5.97 Å². The third-order valence-corrected chi connectivity index (χ3v) is 5.70. The van der Waals surface area contributed by atoms with Crippen molar-refractivity contribution in [2.24, 2.45) is 5.92 Å². The van der Waals surface area contributed by atoms with Crippen molar-refractivity contribution in [2.45, 2.75) is 69.4 Å². The highest BCUT2D eigenvalue weighted by atomic mass is 127. The first-order valence-corrected chi connectivity index (χ1v) is 9.02. The van der Waals surface area contributed by atoms with E-state index in [1.54, 1.807) is 0 Å². The van der Waals surface area contributed by atoms with Gasteiger partial charge < -0.3 is 14.6 Å². The van der Waals surface area contributed by atoms with E-state index in [1.807, 2.05) is 6.92 Å². The van der Waals surface area contributed by atoms with Crippen molar-refractivity contribution in [3.05, 3.63) is 0 Å². The summed E-state index contributed by atoms with van der Waals surface area (Å²) in [6.07, 6.45) is 4.25. The van der Waals surface area contributed by atoms with Crippen molar-refractivity contribution in [1.29, 1.82) is 5.26 Å². The molecule has 21 heavy (non-hydrogen) atoms. The van der Waals surface area contributed by atoms with Crippen molar-refractivity contribution >= 4 is 28.6 Å². The Kier molecular flexibility index (Phi) is 5.86. The molecule has 5 atom stereocenters. The third kappa shape index (κ3) is 4.08. The van der Waals surface area contributed by atoms with Crippen molar-refractivity contribution in [2.75, 3.05) is 4.43 Å². The second kappa shape index (κ2) is 7.25. The minimum Gasteiger partial charge on any atom is -0.481 e. The Hall–Kier alpha value is -0.390. The fourth-order valence-electron chi connectivity index (χ4n) is 3.34. The molecule has 0 radical (unpaired) electrons. The zero-order valence-corrected chi connectivity index (χ0v) is 14.4. The first-order chi connectivity index (χ1) is 9.99. The number of halogens is 1. The molecule has 0 aromatic rings. The van der Waals surface area contributed by atoms with Gasteiger partial charge in [0.25, 0.3) is 0 Å². The van der Waals surface area contributed by atoms with Crippen LogP contribution in [0.25, 0.3) is 0 Å². The summed E-state index contributed by atoms with van der Waals surface area (Å²) in [5, 5.41) is 17.8. The molecular weight excluding hydrogens is 385 g/mol. The molecule has 2 fully saturated rings. The lowest BCUT2D eigenvalue weighted by Gasteiger charge is -2.41. The topological polar surface area (TPSA) is 79.5 Å². The molecule has 0 saturated carbocycles. The van der Waals surface area contributed by atoms with Crippen LogP contribution in [0.15, 0.2) is 0 Å². The van der Waals surface area contributed by atoms with Gasteiger partial charge in [-0.1, -0.05) is 22.6 Å². The maximum Gasteiger partial charge on any atom is 0.303 e. The molecule has 1 N–H and O–H groups in total. The molecule has 118 valence electrons. The van der Waals surface area contributed by atoms with Gasteiger partial charge in [-0.2, -0.15) is 5.26 Å². The quantitative estimate of drug-likeness (QED) is 0.541. The van der Waals surface area contributed by atoms with Gasteiger partial charge in [-0.25, -0.2) is 0 Å². The van der Waals surface area contributed by atoms with E-state index in [9.17, 15) is 4.79 Å². The van der Waals surface area contributed by atoms with E-state index in [2.05, 4.69) is 28.7 Å². The van der Waals surface area contributed by atoms with Crippen molar-refractivity contribution in [1.82, 2.24) is 0 Å². The minimum absolute atomic E-state index is 0.00272. The van der Waals surface area contributed by atoms with Gasteiger partial charge in [0.15, 0.2) is 0 Å². The van der Waals surface area contributed by atoms with Crippen molar-refractivity contribution in [3.8, 4) is 6.07 Å². The van der Waals surface area contributed by atoms with Crippen LogP contribution in [0.3, 0.4) is 0 Å². The molecule has 0 aromatic carbocycles. The molecule has 0 bridgehead atoms. The van der Waals surface area contributed by atoms with Crippen molar-refractivity contribution in [3.63, 3.8) is 0 Å². The van der Waals surface area contributed by atoms with Crippen LogP contribution in [0.4, 0.5) is 0 Å². The smallest absolute Gasteiger partial charge is 0.303 e. The largest absolute Gasteiger partial charge is 0.481 e. The van der Waals surface area contributed by atoms with E-state index >= 15 is 0 Å². The van der Waals surface area contributed by atoms with Crippen LogP contribution in [-0.2, 0) is 14.3 Å². The number of carbonyl (C=O) groups is 1. The average molecular weight is 407 g/mol. The van der Waals surface area contributed by atoms with Crippen LogP contribution >= 0.6 is 22.6 Å². The highest BCUT2D eigenvalue weighted by Gasteiger charge is 2.52. The lowest BCUT2D eigenvalue weighted by molar-refractivity contribution is -0.155. The summed E-state index contributed by atoms with van der Waals surface area (Å²) in [7, 11) is 0. The number of hydrogen-bond donors (Lipinski definition) is 1. The van der Waals surface area contributed by atoms with Crippen LogP contribution in [0.5, 0.6) is 0 Å². The predicted molar refractivity (Wildman–Crippen MR) is 85.3 cm³/mol. The summed E-state index contributed by atoms with van der Waals surface area (Å²) in [4.78, 5) is 10.7. The van der Waals surface area contributed by atoms with Crippen LogP contribution in [0, 0.1) is 17.2 Å². The molecule has 2 heterocycles. The number of rotatable bonds is 6. The van der Waals surface area contributed by atoms with Crippen LogP contribution in [0.2, 0.25) is 0 Å². The van der Waals surface area contributed by atoms with E-state index < -0.39 is 5.97 Å². The number of alkyl halides is 1. The van der Waals surface area contributed by atoms with Gasteiger partial charge in [-0.3, -0.25) is 4.79 Å². The number of aliphatic carboxylic acids is 1. The Morgan fingerprint density at radius 3 is 2.90 bits per heavy atom. The molecule has 0 aliphatic carbocycles. The fourth-order valence-corrected chi connectivity index (χ4v) is 4.33. The number of carboxylic acids is 1. The Bertz CT molecular complexity index is 424. The number of hydrogen-bond acceptors (Lipinski definition) is 4. The lowest BCUT2D eigenvalue weighted by atomic mass is 9.86. The van der Waals surface area contributed by atoms with E-state index in [0.717, 1.165) is 30.1 Å². The number of nitriles is 1. The number of carboxylic acid groups (broad SMARTS) is 1. The Morgan fingerprint density at radius 1 is 1.52 bits per heavy atom. The summed E-state index contributed by atoms with van der Waals surface area (Å²) in [5.74, 6) is -0.776. The highest BCUT2D eigenvalue weighted by Crippen LogP contribution is 2.44. The van der Waals surface area contributed by atoms with Gasteiger partial charge in [-0.05, 0) is 32.6 Å². The molecule has 6 heteroatoms. The highest BCUT2D eigenvalue weighted by molar-refractivity contribution is 14.1. The maximum absolute atomic E-state index is 10.7. The molecule has 5 nitrogen and oxygen atoms in total. The van der Waals surface area contributed by atoms with E-state index in [0.29, 0.717) is 6.42 Å². The summed E-state index contributed by atoms with van der Waals surface area (Å²) >= 11 is 2.33. The first kappa shape index (κ1) is 17.0. The molecule has 2 aliphatic heterocycles. The molecule has 0 aromatic heterocycles. The average Bonchev–Trinajstić information content (AvgIpc) is 2.83. The summed E-state index contributed by atoms with van der Waals surface area (Å²) in [6, 6.07) is 2.27. The molecule has 2 saturated heterocycles. The standard InChI is InChI=1S/C15H22INO4/c1-10(8-17)6-11-2-4-13-15(9-16,21-11)7-12(20-13)3-5-14(18)19/h10-13H,2-7,9H2,1H3,(H,18,19)/t10-,11?,12?,13?,15?/m1/s1. The normalized spacial score (nSPS) is 36.7. The Balaban J connectivity index is 1.97. The predicted octanol–water partition coefficient (Wildman–Crippen LogP) is 2.91. The molecule has 2 rings (SSSR count). The van der Waals surface area contributed by atoms with Crippen molar-refractivity contribution < 1.29 is 19.4 Å². The molecule has 0 spiro atoms. The Morgan fingerprint density at radius 2 is 2.29 bits per heavy atom. The summed E-state index contributed by atoms with van der Waals surface area (Å²) < 4.78 is 13.2. The molecule has 2 aliphatic rings. The zero-order chi connectivity index (χ0) is 15.5. The summed E-state index contributed by atoms with van der Waals surface area (Å²) in [5.41, 5.74) is -0.290. The van der Waals surface area contributed by atoms with Crippen LogP contribution in [-0.4, -0.2) is 39.4 Å². The second-order valence-electron chi connectivity index (χ2n) is 6.16. The van der Waals surface area contributed by atoms with Gasteiger partial charge in [0.05, 0.1) is 24.4 Å². The van der Waals surface area contributed by atoms with E-state index in [1.165, 1.54) is 0 Å². The minimum atomic E-state index is -0.779. The maximum atomic E-state index is 10.7. The lowest BCUT2D eigenvalue weighted by Crippen LogP contribution is -2.50. The molecule has 0 amide bonds. The number of fused-ring (bicyclic) bond motifs is 1. The van der Waals surface area contributed by atoms with Gasteiger partial charge in [0.1, 0.15) is 5.60 Å². The second-order valence-corrected chi connectivity index (χ2v) is 6.93. The number of ether oxygens (including phenoxy) is 2. The zero-order valence-electron chi connectivity index (χ0n) is 12.3. The fraction of sp³-hybridized carbons (Fsp3) is 0.867. The SMILES string of the molecule is C[C@@H](C#N)CC1CCC2OC(CCC(=O)O)CC2(CI)O1.